The first-order chi connectivity index (χ1) is 10.9. The predicted molar refractivity (Wildman–Crippen MR) is 80.9 cm³/mol. The lowest BCUT2D eigenvalue weighted by molar-refractivity contribution is -0.133. The van der Waals surface area contributed by atoms with Gasteiger partial charge in [-0.2, -0.15) is 0 Å². The summed E-state index contributed by atoms with van der Waals surface area (Å²) in [4.78, 5) is 24.5. The van der Waals surface area contributed by atoms with Crippen LogP contribution in [-0.2, 0) is 10.4 Å². The summed E-state index contributed by atoms with van der Waals surface area (Å²) in [5, 5.41) is 13.3. The molecule has 1 aliphatic rings. The number of halogens is 1. The van der Waals surface area contributed by atoms with Gasteiger partial charge in [-0.25, -0.2) is 4.39 Å². The third-order valence-electron chi connectivity index (χ3n) is 3.88. The van der Waals surface area contributed by atoms with Gasteiger partial charge in [0.25, 0.3) is 5.91 Å². The largest absolute Gasteiger partial charge is 0.497 e. The first-order valence-electron chi connectivity index (χ1n) is 6.95. The number of Topliss-reactive ketones (excluding diaryl/α,β-unsaturated/α-hetero) is 1. The molecule has 1 heterocycles. The van der Waals surface area contributed by atoms with Crippen LogP contribution in [0.2, 0.25) is 0 Å². The molecule has 3 rings (SSSR count). The minimum absolute atomic E-state index is 0.226. The molecule has 0 unspecified atom stereocenters. The van der Waals surface area contributed by atoms with E-state index in [1.165, 1.54) is 25.3 Å². The van der Waals surface area contributed by atoms with Crippen molar-refractivity contribution in [3.05, 3.63) is 59.4 Å². The number of aliphatic hydroxyl groups is 1. The van der Waals surface area contributed by atoms with Crippen molar-refractivity contribution in [3.8, 4) is 5.75 Å². The molecule has 118 valence electrons. The number of nitrogens with one attached hydrogen (secondary N) is 1. The highest BCUT2D eigenvalue weighted by atomic mass is 19.1. The molecular formula is C17H14FNO4. The van der Waals surface area contributed by atoms with E-state index in [-0.39, 0.29) is 11.1 Å². The van der Waals surface area contributed by atoms with Crippen LogP contribution in [0.4, 0.5) is 10.1 Å². The number of carbonyl (C=O) groups is 2. The number of hydrogen-bond donors (Lipinski definition) is 2. The number of rotatable bonds is 4. The van der Waals surface area contributed by atoms with E-state index in [1.54, 1.807) is 12.1 Å². The number of amides is 1. The number of anilines is 1. The Morgan fingerprint density at radius 2 is 1.96 bits per heavy atom. The maximum Gasteiger partial charge on any atom is 0.261 e. The van der Waals surface area contributed by atoms with Crippen LogP contribution in [0.5, 0.6) is 5.75 Å². The Bertz CT molecular complexity index is 788. The zero-order chi connectivity index (χ0) is 16.6. The van der Waals surface area contributed by atoms with Crippen LogP contribution < -0.4 is 10.1 Å². The van der Waals surface area contributed by atoms with E-state index in [9.17, 15) is 19.1 Å². The van der Waals surface area contributed by atoms with Crippen LogP contribution in [0, 0.1) is 5.82 Å². The van der Waals surface area contributed by atoms with Crippen molar-refractivity contribution in [3.63, 3.8) is 0 Å². The molecule has 0 saturated carbocycles. The SMILES string of the molecule is COc1ccc2c(c1)[C@@](O)(CC(=O)c1ccc(F)cc1)C(=O)N2. The van der Waals surface area contributed by atoms with Gasteiger partial charge in [0.15, 0.2) is 11.4 Å². The van der Waals surface area contributed by atoms with Crippen LogP contribution in [-0.4, -0.2) is 23.9 Å². The fraction of sp³-hybridized carbons (Fsp3) is 0.176. The van der Waals surface area contributed by atoms with E-state index in [1.807, 2.05) is 0 Å². The molecule has 0 saturated heterocycles. The number of methoxy groups -OCH3 is 1. The van der Waals surface area contributed by atoms with Gasteiger partial charge in [-0.1, -0.05) is 0 Å². The highest BCUT2D eigenvalue weighted by molar-refractivity contribution is 6.09. The van der Waals surface area contributed by atoms with Crippen LogP contribution in [0.15, 0.2) is 42.5 Å². The first-order valence-corrected chi connectivity index (χ1v) is 6.95. The van der Waals surface area contributed by atoms with Crippen LogP contribution in [0.25, 0.3) is 0 Å². The molecule has 0 aromatic heterocycles. The third kappa shape index (κ3) is 2.57. The molecule has 1 aliphatic heterocycles. The Hall–Kier alpha value is -2.73. The summed E-state index contributed by atoms with van der Waals surface area (Å²) in [6.07, 6.45) is -0.440. The van der Waals surface area contributed by atoms with Crippen LogP contribution in [0.3, 0.4) is 0 Å². The molecule has 0 fully saturated rings. The maximum absolute atomic E-state index is 12.9. The summed E-state index contributed by atoms with van der Waals surface area (Å²) >= 11 is 0. The molecule has 6 heteroatoms. The summed E-state index contributed by atoms with van der Waals surface area (Å²) in [5.41, 5.74) is -1.03. The molecule has 1 atom stereocenters. The molecular weight excluding hydrogens is 301 g/mol. The summed E-state index contributed by atoms with van der Waals surface area (Å²) in [7, 11) is 1.47. The van der Waals surface area contributed by atoms with Crippen molar-refractivity contribution in [1.82, 2.24) is 0 Å². The number of carbonyl (C=O) groups excluding carboxylic acids is 2. The van der Waals surface area contributed by atoms with Gasteiger partial charge in [-0.05, 0) is 42.5 Å². The number of fused-ring (bicyclic) bond motifs is 1. The number of hydrogen-bond acceptors (Lipinski definition) is 4. The van der Waals surface area contributed by atoms with Crippen molar-refractivity contribution >= 4 is 17.4 Å². The average Bonchev–Trinajstić information content (AvgIpc) is 2.78. The Morgan fingerprint density at radius 3 is 2.61 bits per heavy atom. The van der Waals surface area contributed by atoms with E-state index < -0.39 is 29.5 Å². The minimum Gasteiger partial charge on any atom is -0.497 e. The molecule has 2 aromatic rings. The van der Waals surface area contributed by atoms with Gasteiger partial charge in [0, 0.05) is 16.8 Å². The summed E-state index contributed by atoms with van der Waals surface area (Å²) in [5.74, 6) is -1.13. The highest BCUT2D eigenvalue weighted by Crippen LogP contribution is 2.40. The molecule has 0 aliphatic carbocycles. The van der Waals surface area contributed by atoms with Gasteiger partial charge in [0.05, 0.1) is 13.5 Å². The smallest absolute Gasteiger partial charge is 0.261 e. The zero-order valence-electron chi connectivity index (χ0n) is 12.3. The fourth-order valence-corrected chi connectivity index (χ4v) is 2.60. The summed E-state index contributed by atoms with van der Waals surface area (Å²) < 4.78 is 18.0. The van der Waals surface area contributed by atoms with Gasteiger partial charge < -0.3 is 15.2 Å². The van der Waals surface area contributed by atoms with Crippen molar-refractivity contribution in [2.75, 3.05) is 12.4 Å². The molecule has 5 nitrogen and oxygen atoms in total. The summed E-state index contributed by atoms with van der Waals surface area (Å²) in [6.45, 7) is 0. The molecule has 1 amide bonds. The fourth-order valence-electron chi connectivity index (χ4n) is 2.60. The lowest BCUT2D eigenvalue weighted by Crippen LogP contribution is -2.36. The van der Waals surface area contributed by atoms with Crippen LogP contribution in [0.1, 0.15) is 22.3 Å². The second kappa shape index (κ2) is 5.48. The monoisotopic (exact) mass is 315 g/mol. The van der Waals surface area contributed by atoms with Crippen molar-refractivity contribution < 1.29 is 23.8 Å². The van der Waals surface area contributed by atoms with E-state index in [0.717, 1.165) is 12.1 Å². The molecule has 23 heavy (non-hydrogen) atoms. The third-order valence-corrected chi connectivity index (χ3v) is 3.88. The minimum atomic E-state index is -1.98. The molecule has 2 N–H and O–H groups in total. The summed E-state index contributed by atoms with van der Waals surface area (Å²) in [6, 6.07) is 9.72. The van der Waals surface area contributed by atoms with Gasteiger partial charge >= 0.3 is 0 Å². The number of benzene rings is 2. The second-order valence-corrected chi connectivity index (χ2v) is 5.33. The van der Waals surface area contributed by atoms with Crippen LogP contribution >= 0.6 is 0 Å². The second-order valence-electron chi connectivity index (χ2n) is 5.33. The Balaban J connectivity index is 1.94. The highest BCUT2D eigenvalue weighted by Gasteiger charge is 2.47. The van der Waals surface area contributed by atoms with Gasteiger partial charge in [-0.3, -0.25) is 9.59 Å². The lowest BCUT2D eigenvalue weighted by atomic mass is 9.88. The van der Waals surface area contributed by atoms with Gasteiger partial charge in [0.2, 0.25) is 0 Å². The molecule has 2 aromatic carbocycles. The normalized spacial score (nSPS) is 19.2. The van der Waals surface area contributed by atoms with E-state index in [4.69, 9.17) is 4.74 Å². The standard InChI is InChI=1S/C17H14FNO4/c1-23-12-6-7-14-13(8-12)17(22,16(21)19-14)9-15(20)10-2-4-11(18)5-3-10/h2-8,22H,9H2,1H3,(H,19,21)/t17-/m0/s1. The van der Waals surface area contributed by atoms with Gasteiger partial charge in [-0.15, -0.1) is 0 Å². The Kier molecular flexibility index (Phi) is 3.61. The Labute approximate surface area is 131 Å². The number of ether oxygens (including phenoxy) is 1. The number of ketones is 1. The van der Waals surface area contributed by atoms with E-state index in [0.29, 0.717) is 11.4 Å². The van der Waals surface area contributed by atoms with E-state index in [2.05, 4.69) is 5.32 Å². The first kappa shape index (κ1) is 15.2. The average molecular weight is 315 g/mol. The zero-order valence-corrected chi connectivity index (χ0v) is 12.3. The molecule has 0 bridgehead atoms. The van der Waals surface area contributed by atoms with Crippen molar-refractivity contribution in [2.24, 2.45) is 0 Å². The topological polar surface area (TPSA) is 75.6 Å². The van der Waals surface area contributed by atoms with Crippen molar-refractivity contribution in [2.45, 2.75) is 12.0 Å². The van der Waals surface area contributed by atoms with E-state index >= 15 is 0 Å². The Morgan fingerprint density at radius 1 is 1.26 bits per heavy atom. The lowest BCUT2D eigenvalue weighted by Gasteiger charge is -2.20. The van der Waals surface area contributed by atoms with Crippen molar-refractivity contribution in [1.29, 1.82) is 0 Å². The molecule has 0 spiro atoms. The predicted octanol–water partition coefficient (Wildman–Crippen LogP) is 2.25. The quantitative estimate of drug-likeness (QED) is 0.849. The molecule has 0 radical (unpaired) electrons. The maximum atomic E-state index is 12.9. The van der Waals surface area contributed by atoms with Gasteiger partial charge in [0.1, 0.15) is 11.6 Å².